The molecule has 166 valence electrons. The number of benzene rings is 3. The minimum Gasteiger partial charge on any atom is -0.317 e. The quantitative estimate of drug-likeness (QED) is 0.371. The number of nitrogens with zero attached hydrogens (tertiary/aromatic N) is 1. The molecule has 3 aromatic carbocycles. The monoisotopic (exact) mass is 432 g/mol. The van der Waals surface area contributed by atoms with Gasteiger partial charge in [0.05, 0.1) is 11.6 Å². The summed E-state index contributed by atoms with van der Waals surface area (Å²) in [7, 11) is 0. The van der Waals surface area contributed by atoms with Gasteiger partial charge in [-0.2, -0.15) is 5.26 Å². The minimum atomic E-state index is 0.665. The van der Waals surface area contributed by atoms with E-state index in [0.717, 1.165) is 35.3 Å². The van der Waals surface area contributed by atoms with Crippen molar-refractivity contribution < 1.29 is 0 Å². The maximum absolute atomic E-state index is 9.46. The lowest BCUT2D eigenvalue weighted by Crippen LogP contribution is -2.09. The molecule has 0 fully saturated rings. The number of hydrogen-bond donors (Lipinski definition) is 1. The molecular formula is C31H32N2. The van der Waals surface area contributed by atoms with Crippen LogP contribution in [0.5, 0.6) is 0 Å². The van der Waals surface area contributed by atoms with Crippen LogP contribution in [0.15, 0.2) is 103 Å². The van der Waals surface area contributed by atoms with E-state index in [1.807, 2.05) is 97.1 Å². The molecule has 0 aliphatic carbocycles. The number of nitriles is 1. The van der Waals surface area contributed by atoms with Crippen LogP contribution in [0.3, 0.4) is 0 Å². The first-order valence-electron chi connectivity index (χ1n) is 11.3. The Bertz CT molecular complexity index is 1100. The molecule has 0 heterocycles. The summed E-state index contributed by atoms with van der Waals surface area (Å²) < 4.78 is 0. The topological polar surface area (TPSA) is 35.8 Å². The van der Waals surface area contributed by atoms with Crippen LogP contribution in [-0.4, -0.2) is 13.1 Å². The van der Waals surface area contributed by atoms with Gasteiger partial charge in [-0.15, -0.1) is 0 Å². The molecule has 0 atom stereocenters. The Morgan fingerprint density at radius 2 is 1.12 bits per heavy atom. The third-order valence-electron chi connectivity index (χ3n) is 4.66. The average molecular weight is 433 g/mol. The number of hydrogen-bond acceptors (Lipinski definition) is 2. The summed E-state index contributed by atoms with van der Waals surface area (Å²) in [5.74, 6) is 0. The molecule has 3 rings (SSSR count). The van der Waals surface area contributed by atoms with Crippen molar-refractivity contribution in [3.8, 4) is 6.07 Å². The Balaban J connectivity index is 0.000000696. The molecule has 0 amide bonds. The Kier molecular flexibility index (Phi) is 12.1. The van der Waals surface area contributed by atoms with Crippen molar-refractivity contribution in [1.29, 1.82) is 5.26 Å². The maximum Gasteiger partial charge on any atom is 0.0998 e. The van der Waals surface area contributed by atoms with Crippen LogP contribution >= 0.6 is 0 Å². The van der Waals surface area contributed by atoms with Gasteiger partial charge >= 0.3 is 0 Å². The van der Waals surface area contributed by atoms with Crippen LogP contribution in [0, 0.1) is 11.3 Å². The van der Waals surface area contributed by atoms with Gasteiger partial charge in [0.2, 0.25) is 0 Å². The molecular weight excluding hydrogens is 400 g/mol. The van der Waals surface area contributed by atoms with Gasteiger partial charge in [0, 0.05) is 0 Å². The summed E-state index contributed by atoms with van der Waals surface area (Å²) in [5.41, 5.74) is 4.90. The predicted octanol–water partition coefficient (Wildman–Crippen LogP) is 7.63. The molecule has 3 aromatic rings. The fourth-order valence-electron chi connectivity index (χ4n) is 2.96. The predicted molar refractivity (Wildman–Crippen MR) is 144 cm³/mol. The SMILES string of the molecule is CCNCC.N#Cc1cc(C=CC=Cc2ccccc2)ccc1C=CC=Cc1ccccc1. The van der Waals surface area contributed by atoms with Gasteiger partial charge < -0.3 is 5.32 Å². The molecule has 0 aromatic heterocycles. The molecule has 0 aliphatic rings. The van der Waals surface area contributed by atoms with Crippen LogP contribution in [0.2, 0.25) is 0 Å². The van der Waals surface area contributed by atoms with Gasteiger partial charge in [-0.1, -0.05) is 135 Å². The highest BCUT2D eigenvalue weighted by Gasteiger charge is 1.98. The zero-order valence-corrected chi connectivity index (χ0v) is 19.5. The van der Waals surface area contributed by atoms with E-state index in [1.165, 1.54) is 0 Å². The Labute approximate surface area is 198 Å². The van der Waals surface area contributed by atoms with Gasteiger partial charge in [0.1, 0.15) is 0 Å². The van der Waals surface area contributed by atoms with Gasteiger partial charge in [-0.25, -0.2) is 0 Å². The minimum absolute atomic E-state index is 0.665. The number of allylic oxidation sites excluding steroid dienone is 4. The molecule has 0 radical (unpaired) electrons. The van der Waals surface area contributed by atoms with E-state index in [1.54, 1.807) is 0 Å². The van der Waals surface area contributed by atoms with E-state index in [-0.39, 0.29) is 0 Å². The largest absolute Gasteiger partial charge is 0.317 e. The number of nitrogens with one attached hydrogen (secondary N) is 1. The van der Waals surface area contributed by atoms with Crippen LogP contribution in [0.1, 0.15) is 41.7 Å². The van der Waals surface area contributed by atoms with E-state index in [9.17, 15) is 5.26 Å². The molecule has 1 N–H and O–H groups in total. The standard InChI is InChI=1S/C27H21N.C4H11N/c28-22-27-21-25(17-8-7-15-23-11-3-1-4-12-23)19-20-26(27)18-10-9-16-24-13-5-2-6-14-24;1-3-5-4-2/h1-21H;5H,3-4H2,1-2H3. The molecule has 0 spiro atoms. The highest BCUT2D eigenvalue weighted by Crippen LogP contribution is 2.15. The fraction of sp³-hybridized carbons (Fsp3) is 0.129. The molecule has 0 saturated carbocycles. The second-order valence-corrected chi connectivity index (χ2v) is 7.17. The highest BCUT2D eigenvalue weighted by molar-refractivity contribution is 5.65. The third kappa shape index (κ3) is 10.3. The van der Waals surface area contributed by atoms with Crippen molar-refractivity contribution in [2.24, 2.45) is 0 Å². The molecule has 2 heteroatoms. The summed E-state index contributed by atoms with van der Waals surface area (Å²) >= 11 is 0. The average Bonchev–Trinajstić information content (AvgIpc) is 2.87. The summed E-state index contributed by atoms with van der Waals surface area (Å²) in [6.45, 7) is 6.39. The molecule has 33 heavy (non-hydrogen) atoms. The smallest absolute Gasteiger partial charge is 0.0998 e. The van der Waals surface area contributed by atoms with E-state index in [4.69, 9.17) is 0 Å². The first-order chi connectivity index (χ1) is 16.3. The third-order valence-corrected chi connectivity index (χ3v) is 4.66. The Morgan fingerprint density at radius 1 is 0.636 bits per heavy atom. The highest BCUT2D eigenvalue weighted by atomic mass is 14.8. The molecule has 0 aliphatic heterocycles. The second-order valence-electron chi connectivity index (χ2n) is 7.17. The van der Waals surface area contributed by atoms with Crippen LogP contribution in [0.4, 0.5) is 0 Å². The van der Waals surface area contributed by atoms with Crippen molar-refractivity contribution in [3.63, 3.8) is 0 Å². The van der Waals surface area contributed by atoms with Crippen LogP contribution in [-0.2, 0) is 0 Å². The summed E-state index contributed by atoms with van der Waals surface area (Å²) in [4.78, 5) is 0. The number of rotatable bonds is 8. The summed E-state index contributed by atoms with van der Waals surface area (Å²) in [6, 6.07) is 28.5. The maximum atomic E-state index is 9.46. The first-order valence-corrected chi connectivity index (χ1v) is 11.3. The molecule has 0 unspecified atom stereocenters. The van der Waals surface area contributed by atoms with Crippen molar-refractivity contribution in [3.05, 3.63) is 131 Å². The van der Waals surface area contributed by atoms with Crippen LogP contribution < -0.4 is 5.32 Å². The van der Waals surface area contributed by atoms with E-state index < -0.39 is 0 Å². The van der Waals surface area contributed by atoms with Crippen molar-refractivity contribution >= 4 is 24.3 Å². The van der Waals surface area contributed by atoms with E-state index in [0.29, 0.717) is 5.56 Å². The van der Waals surface area contributed by atoms with Crippen molar-refractivity contribution in [2.75, 3.05) is 13.1 Å². The fourth-order valence-corrected chi connectivity index (χ4v) is 2.96. The zero-order valence-electron chi connectivity index (χ0n) is 19.5. The Hall–Kier alpha value is -3.93. The molecule has 2 nitrogen and oxygen atoms in total. The van der Waals surface area contributed by atoms with Gasteiger partial charge in [-0.3, -0.25) is 0 Å². The van der Waals surface area contributed by atoms with Crippen molar-refractivity contribution in [2.45, 2.75) is 13.8 Å². The normalized spacial score (nSPS) is 11.2. The molecule has 0 bridgehead atoms. The lowest BCUT2D eigenvalue weighted by atomic mass is 10.0. The zero-order chi connectivity index (χ0) is 23.6. The van der Waals surface area contributed by atoms with Gasteiger partial charge in [0.15, 0.2) is 0 Å². The Morgan fingerprint density at radius 3 is 1.58 bits per heavy atom. The van der Waals surface area contributed by atoms with E-state index in [2.05, 4.69) is 55.6 Å². The second kappa shape index (κ2) is 15.8. The van der Waals surface area contributed by atoms with Crippen LogP contribution in [0.25, 0.3) is 24.3 Å². The lowest BCUT2D eigenvalue weighted by molar-refractivity contribution is 0.762. The lowest BCUT2D eigenvalue weighted by Gasteiger charge is -1.99. The summed E-state index contributed by atoms with van der Waals surface area (Å²) in [5, 5.41) is 12.6. The van der Waals surface area contributed by atoms with Gasteiger partial charge in [0.25, 0.3) is 0 Å². The van der Waals surface area contributed by atoms with Gasteiger partial charge in [-0.05, 0) is 41.4 Å². The first kappa shape index (κ1) is 25.3. The van der Waals surface area contributed by atoms with Crippen molar-refractivity contribution in [1.82, 2.24) is 5.32 Å². The van der Waals surface area contributed by atoms with E-state index >= 15 is 0 Å². The molecule has 0 saturated heterocycles. The summed E-state index contributed by atoms with van der Waals surface area (Å²) in [6.07, 6.45) is 16.0.